The number of amides is 1. The first-order chi connectivity index (χ1) is 11.1. The molecular weight excluding hydrogens is 325 g/mol. The fourth-order valence-corrected chi connectivity index (χ4v) is 2.83. The highest BCUT2D eigenvalue weighted by atomic mass is 19.4. The number of nitrogens with zero attached hydrogens (tertiary/aromatic N) is 1. The topological polar surface area (TPSA) is 69.6 Å². The zero-order valence-corrected chi connectivity index (χ0v) is 13.2. The SMILES string of the molecule is Cc1cc(C(=O)O)ccc1CC(=O)NC1CCN(CC(F)(F)F)C1. The molecule has 2 N–H and O–H groups in total. The fraction of sp³-hybridized carbons (Fsp3) is 0.500. The minimum atomic E-state index is -4.23. The van der Waals surface area contributed by atoms with E-state index < -0.39 is 18.7 Å². The van der Waals surface area contributed by atoms with Crippen molar-refractivity contribution < 1.29 is 27.9 Å². The van der Waals surface area contributed by atoms with Gasteiger partial charge in [-0.25, -0.2) is 4.79 Å². The van der Waals surface area contributed by atoms with Crippen molar-refractivity contribution in [3.05, 3.63) is 34.9 Å². The highest BCUT2D eigenvalue weighted by Crippen LogP contribution is 2.20. The molecule has 0 aromatic heterocycles. The van der Waals surface area contributed by atoms with Crippen molar-refractivity contribution in [3.63, 3.8) is 0 Å². The molecule has 0 aliphatic carbocycles. The molecule has 1 aromatic rings. The Bertz CT molecular complexity index is 631. The summed E-state index contributed by atoms with van der Waals surface area (Å²) in [5.41, 5.74) is 1.54. The number of carbonyl (C=O) groups excluding carboxylic acids is 1. The lowest BCUT2D eigenvalue weighted by Crippen LogP contribution is -2.39. The number of likely N-dealkylation sites (tertiary alicyclic amines) is 1. The van der Waals surface area contributed by atoms with Gasteiger partial charge < -0.3 is 10.4 Å². The van der Waals surface area contributed by atoms with E-state index in [-0.39, 0.29) is 30.5 Å². The molecule has 0 spiro atoms. The van der Waals surface area contributed by atoms with Crippen LogP contribution in [0.5, 0.6) is 0 Å². The number of aromatic carboxylic acids is 1. The summed E-state index contributed by atoms with van der Waals surface area (Å²) in [6, 6.07) is 4.21. The van der Waals surface area contributed by atoms with Crippen LogP contribution in [0.15, 0.2) is 18.2 Å². The van der Waals surface area contributed by atoms with Gasteiger partial charge in [0.2, 0.25) is 5.91 Å². The Morgan fingerprint density at radius 1 is 1.38 bits per heavy atom. The Balaban J connectivity index is 1.87. The van der Waals surface area contributed by atoms with Crippen LogP contribution >= 0.6 is 0 Å². The van der Waals surface area contributed by atoms with Gasteiger partial charge in [0.05, 0.1) is 18.5 Å². The molecule has 2 rings (SSSR count). The van der Waals surface area contributed by atoms with Gasteiger partial charge in [0, 0.05) is 19.1 Å². The van der Waals surface area contributed by atoms with Gasteiger partial charge in [0.25, 0.3) is 0 Å². The molecule has 1 aliphatic heterocycles. The van der Waals surface area contributed by atoms with Crippen molar-refractivity contribution in [2.45, 2.75) is 32.0 Å². The highest BCUT2D eigenvalue weighted by Gasteiger charge is 2.34. The lowest BCUT2D eigenvalue weighted by Gasteiger charge is -2.18. The highest BCUT2D eigenvalue weighted by molar-refractivity contribution is 5.88. The molecule has 0 radical (unpaired) electrons. The van der Waals surface area contributed by atoms with Crippen molar-refractivity contribution in [1.29, 1.82) is 0 Å². The summed E-state index contributed by atoms with van der Waals surface area (Å²) in [5, 5.41) is 11.7. The number of benzene rings is 1. The average Bonchev–Trinajstić information content (AvgIpc) is 2.85. The fourth-order valence-electron chi connectivity index (χ4n) is 2.83. The van der Waals surface area contributed by atoms with E-state index in [1.165, 1.54) is 17.0 Å². The van der Waals surface area contributed by atoms with Crippen LogP contribution in [0.25, 0.3) is 0 Å². The van der Waals surface area contributed by atoms with Gasteiger partial charge in [-0.3, -0.25) is 9.69 Å². The van der Waals surface area contributed by atoms with Gasteiger partial charge in [-0.05, 0) is 36.6 Å². The minimum Gasteiger partial charge on any atom is -0.478 e. The normalized spacial score (nSPS) is 18.6. The van der Waals surface area contributed by atoms with Gasteiger partial charge in [-0.1, -0.05) is 6.07 Å². The number of hydrogen-bond acceptors (Lipinski definition) is 3. The minimum absolute atomic E-state index is 0.0709. The Kier molecular flexibility index (Phi) is 5.48. The van der Waals surface area contributed by atoms with E-state index in [2.05, 4.69) is 5.32 Å². The van der Waals surface area contributed by atoms with Crippen molar-refractivity contribution in [3.8, 4) is 0 Å². The summed E-state index contributed by atoms with van der Waals surface area (Å²) < 4.78 is 37.0. The molecule has 1 aromatic carbocycles. The number of carbonyl (C=O) groups is 2. The van der Waals surface area contributed by atoms with Crippen LogP contribution < -0.4 is 5.32 Å². The van der Waals surface area contributed by atoms with E-state index in [1.54, 1.807) is 13.0 Å². The zero-order chi connectivity index (χ0) is 17.9. The van der Waals surface area contributed by atoms with Crippen LogP contribution in [0.2, 0.25) is 0 Å². The van der Waals surface area contributed by atoms with Gasteiger partial charge in [0.15, 0.2) is 0 Å². The van der Waals surface area contributed by atoms with E-state index in [0.717, 1.165) is 0 Å². The van der Waals surface area contributed by atoms with E-state index in [9.17, 15) is 22.8 Å². The molecule has 1 heterocycles. The standard InChI is InChI=1S/C16H19F3N2O3/c1-10-6-12(15(23)24)3-2-11(10)7-14(22)20-13-4-5-21(8-13)9-16(17,18)19/h2-3,6,13H,4-5,7-9H2,1H3,(H,20,22)(H,23,24). The zero-order valence-electron chi connectivity index (χ0n) is 13.2. The number of hydrogen-bond donors (Lipinski definition) is 2. The molecule has 132 valence electrons. The van der Waals surface area contributed by atoms with Crippen LogP contribution in [-0.4, -0.2) is 53.7 Å². The Morgan fingerprint density at radius 2 is 2.08 bits per heavy atom. The first-order valence-electron chi connectivity index (χ1n) is 7.55. The number of carboxylic acid groups (broad SMARTS) is 1. The van der Waals surface area contributed by atoms with E-state index in [0.29, 0.717) is 24.1 Å². The third-order valence-electron chi connectivity index (χ3n) is 3.98. The Hall–Kier alpha value is -2.09. The maximum Gasteiger partial charge on any atom is 0.401 e. The first-order valence-corrected chi connectivity index (χ1v) is 7.55. The van der Waals surface area contributed by atoms with Gasteiger partial charge in [0.1, 0.15) is 0 Å². The predicted octanol–water partition coefficient (Wildman–Crippen LogP) is 1.99. The van der Waals surface area contributed by atoms with Gasteiger partial charge in [-0.15, -0.1) is 0 Å². The average molecular weight is 344 g/mol. The quantitative estimate of drug-likeness (QED) is 0.857. The summed E-state index contributed by atoms with van der Waals surface area (Å²) in [4.78, 5) is 24.2. The lowest BCUT2D eigenvalue weighted by molar-refractivity contribution is -0.143. The maximum absolute atomic E-state index is 12.3. The number of rotatable bonds is 5. The largest absolute Gasteiger partial charge is 0.478 e. The third kappa shape index (κ3) is 5.23. The van der Waals surface area contributed by atoms with E-state index in [4.69, 9.17) is 5.11 Å². The second-order valence-corrected chi connectivity index (χ2v) is 6.03. The molecule has 1 aliphatic rings. The summed E-state index contributed by atoms with van der Waals surface area (Å²) in [7, 11) is 0. The molecule has 24 heavy (non-hydrogen) atoms. The van der Waals surface area contributed by atoms with E-state index >= 15 is 0 Å². The molecule has 1 amide bonds. The molecule has 1 saturated heterocycles. The second-order valence-electron chi connectivity index (χ2n) is 6.03. The smallest absolute Gasteiger partial charge is 0.401 e. The lowest BCUT2D eigenvalue weighted by atomic mass is 10.0. The van der Waals surface area contributed by atoms with Gasteiger partial charge in [-0.2, -0.15) is 13.2 Å². The Labute approximate surface area is 137 Å². The summed E-state index contributed by atoms with van der Waals surface area (Å²) in [6.45, 7) is 1.24. The number of nitrogens with one attached hydrogen (secondary N) is 1. The third-order valence-corrected chi connectivity index (χ3v) is 3.98. The monoisotopic (exact) mass is 344 g/mol. The van der Waals surface area contributed by atoms with Crippen LogP contribution in [0.4, 0.5) is 13.2 Å². The molecule has 1 unspecified atom stereocenters. The molecule has 5 nitrogen and oxygen atoms in total. The number of carboxylic acids is 1. The summed E-state index contributed by atoms with van der Waals surface area (Å²) in [6.07, 6.45) is -3.68. The maximum atomic E-state index is 12.3. The number of halogens is 3. The molecule has 1 fully saturated rings. The van der Waals surface area contributed by atoms with Crippen LogP contribution in [0.3, 0.4) is 0 Å². The van der Waals surface area contributed by atoms with Crippen LogP contribution in [0.1, 0.15) is 27.9 Å². The molecule has 0 bridgehead atoms. The van der Waals surface area contributed by atoms with E-state index in [1.807, 2.05) is 0 Å². The van der Waals surface area contributed by atoms with Crippen molar-refractivity contribution in [2.24, 2.45) is 0 Å². The van der Waals surface area contributed by atoms with Crippen molar-refractivity contribution in [1.82, 2.24) is 10.2 Å². The summed E-state index contributed by atoms with van der Waals surface area (Å²) >= 11 is 0. The molecule has 0 saturated carbocycles. The van der Waals surface area contributed by atoms with Crippen LogP contribution in [-0.2, 0) is 11.2 Å². The van der Waals surface area contributed by atoms with Crippen molar-refractivity contribution in [2.75, 3.05) is 19.6 Å². The first kappa shape index (κ1) is 18.3. The Morgan fingerprint density at radius 3 is 2.67 bits per heavy atom. The van der Waals surface area contributed by atoms with Gasteiger partial charge >= 0.3 is 12.1 Å². The molecule has 8 heteroatoms. The molecule has 1 atom stereocenters. The second kappa shape index (κ2) is 7.21. The van der Waals surface area contributed by atoms with Crippen LogP contribution in [0, 0.1) is 6.92 Å². The molecular formula is C16H19F3N2O3. The number of aryl methyl sites for hydroxylation is 1. The summed E-state index contributed by atoms with van der Waals surface area (Å²) in [5.74, 6) is -1.31. The predicted molar refractivity (Wildman–Crippen MR) is 80.9 cm³/mol. The van der Waals surface area contributed by atoms with Crippen molar-refractivity contribution >= 4 is 11.9 Å². The number of alkyl halides is 3.